The molecular weight excluding hydrogens is 396 g/mol. The minimum absolute atomic E-state index is 0.0442. The summed E-state index contributed by atoms with van der Waals surface area (Å²) >= 11 is 1.73. The van der Waals surface area contributed by atoms with Gasteiger partial charge in [0.1, 0.15) is 0 Å². The second kappa shape index (κ2) is 7.54. The lowest BCUT2D eigenvalue weighted by molar-refractivity contribution is -0.133. The fraction of sp³-hybridized carbons (Fsp3) is 0.208. The summed E-state index contributed by atoms with van der Waals surface area (Å²) in [5.41, 5.74) is 3.08. The molecule has 2 aliphatic rings. The Hall–Kier alpha value is -3.25. The maximum Gasteiger partial charge on any atom is 0.261 e. The second-order valence-electron chi connectivity index (χ2n) is 7.51. The molecule has 5 rings (SSSR count). The van der Waals surface area contributed by atoms with E-state index in [1.54, 1.807) is 35.6 Å². The Labute approximate surface area is 178 Å². The molecular formula is C24H20N2O3S. The molecule has 0 unspecified atom stereocenters. The molecule has 2 aliphatic heterocycles. The number of benzene rings is 2. The van der Waals surface area contributed by atoms with Crippen molar-refractivity contribution in [2.45, 2.75) is 18.9 Å². The van der Waals surface area contributed by atoms with Gasteiger partial charge in [0, 0.05) is 24.4 Å². The third-order valence-corrected chi connectivity index (χ3v) is 6.83. The molecule has 6 heteroatoms. The molecule has 0 saturated heterocycles. The van der Waals surface area contributed by atoms with Crippen LogP contribution in [0.5, 0.6) is 0 Å². The molecule has 0 N–H and O–H groups in total. The number of imide groups is 1. The van der Waals surface area contributed by atoms with Crippen molar-refractivity contribution in [3.05, 3.63) is 93.2 Å². The van der Waals surface area contributed by atoms with Crippen LogP contribution in [-0.2, 0) is 11.2 Å². The van der Waals surface area contributed by atoms with Gasteiger partial charge in [-0.25, -0.2) is 0 Å². The predicted molar refractivity (Wildman–Crippen MR) is 114 cm³/mol. The summed E-state index contributed by atoms with van der Waals surface area (Å²) in [6.45, 7) is 0.730. The number of hydrogen-bond acceptors (Lipinski definition) is 4. The number of thiophene rings is 1. The Morgan fingerprint density at radius 2 is 1.60 bits per heavy atom. The van der Waals surface area contributed by atoms with Crippen molar-refractivity contribution in [1.29, 1.82) is 0 Å². The minimum Gasteiger partial charge on any atom is -0.331 e. The van der Waals surface area contributed by atoms with Crippen molar-refractivity contribution in [3.8, 4) is 0 Å². The van der Waals surface area contributed by atoms with E-state index in [-0.39, 0.29) is 36.7 Å². The number of carbonyl (C=O) groups is 3. The summed E-state index contributed by atoms with van der Waals surface area (Å²) in [6, 6.07) is 18.8. The third-order valence-electron chi connectivity index (χ3n) is 5.83. The van der Waals surface area contributed by atoms with Crippen LogP contribution in [-0.4, -0.2) is 40.6 Å². The summed E-state index contributed by atoms with van der Waals surface area (Å²) in [5.74, 6) is -0.680. The van der Waals surface area contributed by atoms with E-state index in [2.05, 4.69) is 11.4 Å². The first-order chi connectivity index (χ1) is 14.6. The quantitative estimate of drug-likeness (QED) is 0.606. The standard InChI is InChI=1S/C24H20N2O3S/c27-21(11-14-26-23(28)17-8-4-5-9-18(17)24(26)29)25-13-10-20-19(12-15-30-20)22(25)16-6-2-1-3-7-16/h1-9,12,15,22H,10-11,13-14H2/t22-/m0/s1. The summed E-state index contributed by atoms with van der Waals surface area (Å²) in [7, 11) is 0. The first-order valence-electron chi connectivity index (χ1n) is 10.0. The van der Waals surface area contributed by atoms with Gasteiger partial charge >= 0.3 is 0 Å². The van der Waals surface area contributed by atoms with E-state index < -0.39 is 0 Å². The normalized spacial score (nSPS) is 17.8. The number of amides is 3. The lowest BCUT2D eigenvalue weighted by Gasteiger charge is -2.36. The van der Waals surface area contributed by atoms with E-state index in [0.29, 0.717) is 17.7 Å². The summed E-state index contributed by atoms with van der Waals surface area (Å²) < 4.78 is 0. The zero-order chi connectivity index (χ0) is 20.7. The number of fused-ring (bicyclic) bond motifs is 2. The van der Waals surface area contributed by atoms with Crippen LogP contribution in [0.25, 0.3) is 0 Å². The summed E-state index contributed by atoms with van der Waals surface area (Å²) in [6.07, 6.45) is 0.948. The molecule has 150 valence electrons. The van der Waals surface area contributed by atoms with Crippen LogP contribution in [0.4, 0.5) is 0 Å². The number of hydrogen-bond donors (Lipinski definition) is 0. The van der Waals surface area contributed by atoms with Gasteiger partial charge in [-0.3, -0.25) is 19.3 Å². The molecule has 0 bridgehead atoms. The van der Waals surface area contributed by atoms with Crippen LogP contribution < -0.4 is 0 Å². The van der Waals surface area contributed by atoms with Crippen molar-refractivity contribution in [1.82, 2.24) is 9.80 Å². The lowest BCUT2D eigenvalue weighted by Crippen LogP contribution is -2.42. The molecule has 2 aromatic carbocycles. The van der Waals surface area contributed by atoms with Crippen molar-refractivity contribution in [2.75, 3.05) is 13.1 Å². The van der Waals surface area contributed by atoms with Crippen molar-refractivity contribution >= 4 is 29.1 Å². The van der Waals surface area contributed by atoms with Gasteiger partial charge in [-0.1, -0.05) is 42.5 Å². The second-order valence-corrected chi connectivity index (χ2v) is 8.51. The number of carbonyl (C=O) groups excluding carboxylic acids is 3. The molecule has 3 aromatic rings. The van der Waals surface area contributed by atoms with E-state index >= 15 is 0 Å². The van der Waals surface area contributed by atoms with Crippen LogP contribution in [0.15, 0.2) is 66.0 Å². The predicted octanol–water partition coefficient (Wildman–Crippen LogP) is 3.91. The Balaban J connectivity index is 1.36. The first-order valence-corrected chi connectivity index (χ1v) is 10.9. The van der Waals surface area contributed by atoms with Crippen molar-refractivity contribution < 1.29 is 14.4 Å². The molecule has 1 aromatic heterocycles. The fourth-order valence-corrected chi connectivity index (χ4v) is 5.28. The summed E-state index contributed by atoms with van der Waals surface area (Å²) in [4.78, 5) is 42.8. The molecule has 30 heavy (non-hydrogen) atoms. The third kappa shape index (κ3) is 3.04. The molecule has 0 fully saturated rings. The smallest absolute Gasteiger partial charge is 0.261 e. The van der Waals surface area contributed by atoms with E-state index in [1.165, 1.54) is 15.3 Å². The topological polar surface area (TPSA) is 57.7 Å². The van der Waals surface area contributed by atoms with Gasteiger partial charge in [0.05, 0.1) is 17.2 Å². The average Bonchev–Trinajstić information content (AvgIpc) is 3.35. The van der Waals surface area contributed by atoms with Gasteiger partial charge in [0.15, 0.2) is 0 Å². The molecule has 0 spiro atoms. The van der Waals surface area contributed by atoms with Crippen LogP contribution in [0, 0.1) is 0 Å². The van der Waals surface area contributed by atoms with Gasteiger partial charge in [0.2, 0.25) is 5.91 Å². The number of rotatable bonds is 4. The average molecular weight is 417 g/mol. The van der Waals surface area contributed by atoms with Crippen molar-refractivity contribution in [3.63, 3.8) is 0 Å². The van der Waals surface area contributed by atoms with E-state index in [4.69, 9.17) is 0 Å². The van der Waals surface area contributed by atoms with E-state index in [0.717, 1.165) is 12.0 Å². The Morgan fingerprint density at radius 3 is 2.30 bits per heavy atom. The molecule has 5 nitrogen and oxygen atoms in total. The maximum absolute atomic E-state index is 13.2. The van der Waals surface area contributed by atoms with Crippen LogP contribution in [0.2, 0.25) is 0 Å². The Morgan fingerprint density at radius 1 is 0.933 bits per heavy atom. The minimum atomic E-state index is -0.318. The van der Waals surface area contributed by atoms with Crippen LogP contribution in [0.3, 0.4) is 0 Å². The largest absolute Gasteiger partial charge is 0.331 e. The van der Waals surface area contributed by atoms with E-state index in [9.17, 15) is 14.4 Å². The van der Waals surface area contributed by atoms with Crippen LogP contribution >= 0.6 is 11.3 Å². The molecule has 3 heterocycles. The molecule has 1 atom stereocenters. The Kier molecular flexibility index (Phi) is 4.71. The van der Waals surface area contributed by atoms with Crippen LogP contribution in [0.1, 0.15) is 49.2 Å². The highest BCUT2D eigenvalue weighted by Gasteiger charge is 2.37. The lowest BCUT2D eigenvalue weighted by atomic mass is 9.93. The number of nitrogens with zero attached hydrogens (tertiary/aromatic N) is 2. The van der Waals surface area contributed by atoms with Gasteiger partial charge in [-0.15, -0.1) is 11.3 Å². The monoisotopic (exact) mass is 416 g/mol. The van der Waals surface area contributed by atoms with Gasteiger partial charge in [0.25, 0.3) is 11.8 Å². The first kappa shape index (κ1) is 18.8. The summed E-state index contributed by atoms with van der Waals surface area (Å²) in [5, 5.41) is 2.08. The molecule has 3 amide bonds. The van der Waals surface area contributed by atoms with Gasteiger partial charge in [-0.2, -0.15) is 0 Å². The van der Waals surface area contributed by atoms with Crippen molar-refractivity contribution in [2.24, 2.45) is 0 Å². The zero-order valence-corrected chi connectivity index (χ0v) is 17.1. The van der Waals surface area contributed by atoms with E-state index in [1.807, 2.05) is 35.2 Å². The molecule has 0 aliphatic carbocycles. The Bertz CT molecular complexity index is 1100. The SMILES string of the molecule is O=C1c2ccccc2C(=O)N1CCC(=O)N1CCc2sccc2[C@@H]1c1ccccc1. The maximum atomic E-state index is 13.2. The zero-order valence-electron chi connectivity index (χ0n) is 16.3. The highest BCUT2D eigenvalue weighted by Crippen LogP contribution is 2.38. The van der Waals surface area contributed by atoms with Gasteiger partial charge < -0.3 is 4.90 Å². The molecule has 0 saturated carbocycles. The highest BCUT2D eigenvalue weighted by molar-refractivity contribution is 7.10. The fourth-order valence-electron chi connectivity index (χ4n) is 4.37. The highest BCUT2D eigenvalue weighted by atomic mass is 32.1. The molecule has 0 radical (unpaired) electrons. The van der Waals surface area contributed by atoms with Gasteiger partial charge in [-0.05, 0) is 41.1 Å².